The van der Waals surface area contributed by atoms with Crippen LogP contribution in [0.4, 0.5) is 4.79 Å². The molecule has 5 heteroatoms. The van der Waals surface area contributed by atoms with Gasteiger partial charge in [-0.15, -0.1) is 0 Å². The van der Waals surface area contributed by atoms with E-state index >= 15 is 0 Å². The van der Waals surface area contributed by atoms with Gasteiger partial charge in [-0.05, 0) is 13.8 Å². The van der Waals surface area contributed by atoms with Crippen LogP contribution in [0.25, 0.3) is 0 Å². The third-order valence-corrected chi connectivity index (χ3v) is 1.31. The second-order valence-electron chi connectivity index (χ2n) is 2.51. The molecule has 1 amide bonds. The lowest BCUT2D eigenvalue weighted by atomic mass is 10.3. The number of esters is 1. The van der Waals surface area contributed by atoms with Crippen LogP contribution in [0, 0.1) is 0 Å². The number of ether oxygens (including phenoxy) is 2. The standard InChI is InChI=1S/C9H15NO4/c1-4-6-14-9(12)10-7(3)8(11)13-5-2/h4,7H,1,5-6H2,2-3H3,(H,10,12). The fourth-order valence-corrected chi connectivity index (χ4v) is 0.679. The molecule has 0 saturated carbocycles. The molecule has 1 unspecified atom stereocenters. The minimum absolute atomic E-state index is 0.112. The molecule has 0 aromatic heterocycles. The average Bonchev–Trinajstić information content (AvgIpc) is 2.15. The first-order chi connectivity index (χ1) is 6.61. The predicted molar refractivity (Wildman–Crippen MR) is 50.8 cm³/mol. The van der Waals surface area contributed by atoms with Gasteiger partial charge >= 0.3 is 12.1 Å². The molecule has 14 heavy (non-hydrogen) atoms. The van der Waals surface area contributed by atoms with Crippen molar-refractivity contribution in [3.8, 4) is 0 Å². The first-order valence-corrected chi connectivity index (χ1v) is 4.32. The quantitative estimate of drug-likeness (QED) is 0.529. The second kappa shape index (κ2) is 6.94. The Morgan fingerprint density at radius 3 is 2.64 bits per heavy atom. The van der Waals surface area contributed by atoms with Crippen LogP contribution in [0.2, 0.25) is 0 Å². The molecular formula is C9H15NO4. The number of alkyl carbamates (subject to hydrolysis) is 1. The summed E-state index contributed by atoms with van der Waals surface area (Å²) < 4.78 is 9.29. The number of hydrogen-bond donors (Lipinski definition) is 1. The number of nitrogens with one attached hydrogen (secondary N) is 1. The van der Waals surface area contributed by atoms with E-state index in [4.69, 9.17) is 0 Å². The summed E-state index contributed by atoms with van der Waals surface area (Å²) in [6.07, 6.45) is 0.777. The summed E-state index contributed by atoms with van der Waals surface area (Å²) in [4.78, 5) is 22.0. The highest BCUT2D eigenvalue weighted by molar-refractivity contribution is 5.80. The Balaban J connectivity index is 3.80. The van der Waals surface area contributed by atoms with Gasteiger partial charge in [0, 0.05) is 0 Å². The van der Waals surface area contributed by atoms with Crippen LogP contribution in [0.5, 0.6) is 0 Å². The van der Waals surface area contributed by atoms with Gasteiger partial charge in [0.25, 0.3) is 0 Å². The minimum atomic E-state index is -0.702. The molecule has 5 nitrogen and oxygen atoms in total. The van der Waals surface area contributed by atoms with Crippen LogP contribution in [0.1, 0.15) is 13.8 Å². The van der Waals surface area contributed by atoms with Gasteiger partial charge in [-0.1, -0.05) is 12.7 Å². The number of hydrogen-bond acceptors (Lipinski definition) is 4. The summed E-state index contributed by atoms with van der Waals surface area (Å²) in [5.41, 5.74) is 0. The lowest BCUT2D eigenvalue weighted by molar-refractivity contribution is -0.145. The Labute approximate surface area is 83.1 Å². The maximum atomic E-state index is 11.0. The van der Waals surface area contributed by atoms with Gasteiger partial charge in [0.15, 0.2) is 0 Å². The lowest BCUT2D eigenvalue weighted by Crippen LogP contribution is -2.39. The van der Waals surface area contributed by atoms with Gasteiger partial charge in [0.05, 0.1) is 6.61 Å². The average molecular weight is 201 g/mol. The fourth-order valence-electron chi connectivity index (χ4n) is 0.679. The Bertz CT molecular complexity index is 215. The van der Waals surface area contributed by atoms with E-state index in [1.54, 1.807) is 6.92 Å². The molecule has 0 aliphatic heterocycles. The topological polar surface area (TPSA) is 64.6 Å². The van der Waals surface area contributed by atoms with Gasteiger partial charge in [-0.3, -0.25) is 0 Å². The van der Waals surface area contributed by atoms with Crippen molar-refractivity contribution in [2.75, 3.05) is 13.2 Å². The van der Waals surface area contributed by atoms with Crippen LogP contribution in [0.3, 0.4) is 0 Å². The maximum Gasteiger partial charge on any atom is 0.408 e. The fraction of sp³-hybridized carbons (Fsp3) is 0.556. The third-order valence-electron chi connectivity index (χ3n) is 1.31. The second-order valence-corrected chi connectivity index (χ2v) is 2.51. The van der Waals surface area contributed by atoms with E-state index in [0.29, 0.717) is 0 Å². The van der Waals surface area contributed by atoms with Crippen molar-refractivity contribution < 1.29 is 19.1 Å². The number of carbonyl (C=O) groups is 2. The molecule has 0 bridgehead atoms. The van der Waals surface area contributed by atoms with Crippen LogP contribution < -0.4 is 5.32 Å². The largest absolute Gasteiger partial charge is 0.464 e. The van der Waals surface area contributed by atoms with E-state index in [0.717, 1.165) is 0 Å². The Morgan fingerprint density at radius 2 is 2.14 bits per heavy atom. The van der Waals surface area contributed by atoms with Gasteiger partial charge in [-0.2, -0.15) is 0 Å². The van der Waals surface area contributed by atoms with E-state index in [1.165, 1.54) is 13.0 Å². The SMILES string of the molecule is C=CCOC(=O)NC(C)C(=O)OCC. The predicted octanol–water partition coefficient (Wildman–Crippen LogP) is 0.850. The van der Waals surface area contributed by atoms with Crippen molar-refractivity contribution in [2.24, 2.45) is 0 Å². The van der Waals surface area contributed by atoms with Gasteiger partial charge in [0.1, 0.15) is 12.6 Å². The van der Waals surface area contributed by atoms with Crippen molar-refractivity contribution in [2.45, 2.75) is 19.9 Å². The zero-order valence-corrected chi connectivity index (χ0v) is 8.41. The van der Waals surface area contributed by atoms with Crippen LogP contribution in [0.15, 0.2) is 12.7 Å². The molecule has 0 aliphatic rings. The third kappa shape index (κ3) is 5.18. The molecule has 0 fully saturated rings. The Hall–Kier alpha value is -1.52. The number of rotatable bonds is 5. The van der Waals surface area contributed by atoms with Crippen molar-refractivity contribution in [1.29, 1.82) is 0 Å². The summed E-state index contributed by atoms with van der Waals surface area (Å²) in [6, 6.07) is -0.702. The van der Waals surface area contributed by atoms with Gasteiger partial charge in [-0.25, -0.2) is 9.59 Å². The molecule has 0 rings (SSSR count). The van der Waals surface area contributed by atoms with Gasteiger partial charge < -0.3 is 14.8 Å². The van der Waals surface area contributed by atoms with Crippen molar-refractivity contribution >= 4 is 12.1 Å². The van der Waals surface area contributed by atoms with E-state index in [-0.39, 0.29) is 13.2 Å². The first-order valence-electron chi connectivity index (χ1n) is 4.32. The van der Waals surface area contributed by atoms with Crippen LogP contribution >= 0.6 is 0 Å². The summed E-state index contributed by atoms with van der Waals surface area (Å²) in [5, 5.41) is 2.32. The van der Waals surface area contributed by atoms with Crippen LogP contribution in [-0.2, 0) is 14.3 Å². The molecular weight excluding hydrogens is 186 g/mol. The van der Waals surface area contributed by atoms with Crippen molar-refractivity contribution in [3.05, 3.63) is 12.7 Å². The highest BCUT2D eigenvalue weighted by Crippen LogP contribution is 1.89. The zero-order chi connectivity index (χ0) is 11.0. The first kappa shape index (κ1) is 12.5. The summed E-state index contributed by atoms with van der Waals surface area (Å²) in [5.74, 6) is -0.483. The molecule has 0 heterocycles. The van der Waals surface area contributed by atoms with E-state index in [1.807, 2.05) is 0 Å². The molecule has 0 aromatic carbocycles. The smallest absolute Gasteiger partial charge is 0.408 e. The molecule has 0 saturated heterocycles. The minimum Gasteiger partial charge on any atom is -0.464 e. The summed E-state index contributed by atoms with van der Waals surface area (Å²) in [6.45, 7) is 6.99. The van der Waals surface area contributed by atoms with E-state index in [2.05, 4.69) is 21.4 Å². The summed E-state index contributed by atoms with van der Waals surface area (Å²) in [7, 11) is 0. The van der Waals surface area contributed by atoms with E-state index < -0.39 is 18.1 Å². The monoisotopic (exact) mass is 201 g/mol. The molecule has 0 spiro atoms. The molecule has 1 N–H and O–H groups in total. The Morgan fingerprint density at radius 1 is 1.50 bits per heavy atom. The highest BCUT2D eigenvalue weighted by Gasteiger charge is 2.16. The van der Waals surface area contributed by atoms with Crippen molar-refractivity contribution in [3.63, 3.8) is 0 Å². The van der Waals surface area contributed by atoms with Gasteiger partial charge in [0.2, 0.25) is 0 Å². The Kier molecular flexibility index (Phi) is 6.19. The normalized spacial score (nSPS) is 11.3. The number of carbonyl (C=O) groups excluding carboxylic acids is 2. The summed E-state index contributed by atoms with van der Waals surface area (Å²) >= 11 is 0. The molecule has 0 aliphatic carbocycles. The molecule has 80 valence electrons. The zero-order valence-electron chi connectivity index (χ0n) is 8.41. The molecule has 0 aromatic rings. The van der Waals surface area contributed by atoms with Crippen molar-refractivity contribution in [1.82, 2.24) is 5.32 Å². The highest BCUT2D eigenvalue weighted by atomic mass is 16.6. The van der Waals surface area contributed by atoms with E-state index in [9.17, 15) is 9.59 Å². The lowest BCUT2D eigenvalue weighted by Gasteiger charge is -2.11. The maximum absolute atomic E-state index is 11.0. The van der Waals surface area contributed by atoms with Crippen LogP contribution in [-0.4, -0.2) is 31.3 Å². The number of amides is 1. The molecule has 0 radical (unpaired) electrons. The molecule has 1 atom stereocenters.